The van der Waals surface area contributed by atoms with Gasteiger partial charge >= 0.3 is 0 Å². The minimum atomic E-state index is 0.200. The Balaban J connectivity index is 2.58. The summed E-state index contributed by atoms with van der Waals surface area (Å²) in [7, 11) is 0. The monoisotopic (exact) mass is 316 g/mol. The van der Waals surface area contributed by atoms with Crippen molar-refractivity contribution in [1.29, 1.82) is 0 Å². The molecule has 2 rings (SSSR count). The summed E-state index contributed by atoms with van der Waals surface area (Å²) >= 11 is 2.26. The smallest absolute Gasteiger partial charge is 0.123 e. The average molecular weight is 316 g/mol. The summed E-state index contributed by atoms with van der Waals surface area (Å²) in [6.45, 7) is 6.13. The van der Waals surface area contributed by atoms with E-state index in [0.717, 1.165) is 25.9 Å². The van der Waals surface area contributed by atoms with Gasteiger partial charge in [-0.25, -0.2) is 0 Å². The number of H-pyrrole nitrogens is 1. The maximum absolute atomic E-state index is 5.73. The van der Waals surface area contributed by atoms with Crippen molar-refractivity contribution in [2.24, 2.45) is 0 Å². The fraction of sp³-hybridized carbons (Fsp3) is 0.364. The lowest BCUT2D eigenvalue weighted by atomic mass is 10.1. The summed E-state index contributed by atoms with van der Waals surface area (Å²) in [5.74, 6) is 0.941. The van der Waals surface area contributed by atoms with Crippen molar-refractivity contribution >= 4 is 33.5 Å². The summed E-state index contributed by atoms with van der Waals surface area (Å²) < 4.78 is 6.80. The van der Waals surface area contributed by atoms with Crippen molar-refractivity contribution in [3.8, 4) is 5.75 Å². The van der Waals surface area contributed by atoms with Gasteiger partial charge in [0.2, 0.25) is 0 Å². The number of nitrogens with one attached hydrogen (secondary N) is 1. The normalized spacial score (nSPS) is 11.3. The lowest BCUT2D eigenvalue weighted by Gasteiger charge is -2.12. The van der Waals surface area contributed by atoms with Crippen LogP contribution in [0.25, 0.3) is 10.9 Å². The zero-order valence-electron chi connectivity index (χ0n) is 8.97. The van der Waals surface area contributed by atoms with Gasteiger partial charge in [0.25, 0.3) is 0 Å². The molecule has 1 heterocycles. The molecule has 0 aliphatic heterocycles. The number of aromatic amines is 1. The number of hydrogen-bond donors (Lipinski definition) is 1. The van der Waals surface area contributed by atoms with Crippen LogP contribution in [0.4, 0.5) is 0 Å². The molecule has 0 saturated heterocycles. The number of aromatic nitrogens is 2. The average Bonchev–Trinajstić information content (AvgIpc) is 2.53. The Bertz CT molecular complexity index is 491. The third-order valence-corrected chi connectivity index (χ3v) is 3.03. The standard InChI is InChI=1S/C11H13IN2O/c1-6(2)15-9-5-4-8-10(7(9)3)11(12)14-13-8/h4-6H,1-3H3,(H,13,14). The van der Waals surface area contributed by atoms with Gasteiger partial charge in [0.1, 0.15) is 9.45 Å². The van der Waals surface area contributed by atoms with Crippen molar-refractivity contribution < 1.29 is 4.74 Å². The SMILES string of the molecule is Cc1c(OC(C)C)ccc2n[nH]c(I)c12. The Morgan fingerprint density at radius 3 is 2.80 bits per heavy atom. The highest BCUT2D eigenvalue weighted by atomic mass is 127. The molecular weight excluding hydrogens is 303 g/mol. The second-order valence-electron chi connectivity index (χ2n) is 3.79. The molecule has 0 aliphatic rings. The number of halogens is 1. The third-order valence-electron chi connectivity index (χ3n) is 2.25. The predicted octanol–water partition coefficient (Wildman–Crippen LogP) is 3.26. The first-order valence-corrected chi connectivity index (χ1v) is 5.97. The first-order valence-electron chi connectivity index (χ1n) is 4.89. The van der Waals surface area contributed by atoms with E-state index in [2.05, 4.69) is 39.7 Å². The molecular formula is C11H13IN2O. The third kappa shape index (κ3) is 1.95. The molecule has 1 N–H and O–H groups in total. The highest BCUT2D eigenvalue weighted by molar-refractivity contribution is 14.1. The number of aryl methyl sites for hydroxylation is 1. The van der Waals surface area contributed by atoms with Crippen LogP contribution in [0.1, 0.15) is 19.4 Å². The van der Waals surface area contributed by atoms with E-state index in [1.807, 2.05) is 26.0 Å². The predicted molar refractivity (Wildman–Crippen MR) is 69.3 cm³/mol. The zero-order valence-corrected chi connectivity index (χ0v) is 11.1. The molecule has 0 amide bonds. The molecule has 0 atom stereocenters. The van der Waals surface area contributed by atoms with Crippen LogP contribution in [0.2, 0.25) is 0 Å². The Labute approximate surface area is 102 Å². The van der Waals surface area contributed by atoms with E-state index in [-0.39, 0.29) is 6.10 Å². The number of nitrogens with zero attached hydrogens (tertiary/aromatic N) is 1. The van der Waals surface area contributed by atoms with E-state index in [9.17, 15) is 0 Å². The molecule has 1 aromatic carbocycles. The number of rotatable bonds is 2. The molecule has 15 heavy (non-hydrogen) atoms. The second kappa shape index (κ2) is 4.00. The largest absolute Gasteiger partial charge is 0.491 e. The fourth-order valence-electron chi connectivity index (χ4n) is 1.60. The minimum Gasteiger partial charge on any atom is -0.491 e. The van der Waals surface area contributed by atoms with E-state index in [0.29, 0.717) is 0 Å². The van der Waals surface area contributed by atoms with Crippen LogP contribution in [-0.4, -0.2) is 16.3 Å². The summed E-state index contributed by atoms with van der Waals surface area (Å²) in [5, 5.41) is 8.35. The summed E-state index contributed by atoms with van der Waals surface area (Å²) in [4.78, 5) is 0. The van der Waals surface area contributed by atoms with Gasteiger partial charge in [0.05, 0.1) is 11.6 Å². The van der Waals surface area contributed by atoms with E-state index in [1.165, 1.54) is 0 Å². The lowest BCUT2D eigenvalue weighted by Crippen LogP contribution is -2.06. The van der Waals surface area contributed by atoms with Crippen molar-refractivity contribution in [1.82, 2.24) is 10.2 Å². The molecule has 80 valence electrons. The van der Waals surface area contributed by atoms with Crippen molar-refractivity contribution in [2.45, 2.75) is 26.9 Å². The van der Waals surface area contributed by atoms with Gasteiger partial charge in [-0.2, -0.15) is 5.10 Å². The molecule has 1 aromatic heterocycles. The van der Waals surface area contributed by atoms with E-state index in [4.69, 9.17) is 4.74 Å². The molecule has 3 nitrogen and oxygen atoms in total. The topological polar surface area (TPSA) is 37.9 Å². The van der Waals surface area contributed by atoms with Gasteiger partial charge in [0.15, 0.2) is 0 Å². The maximum atomic E-state index is 5.73. The van der Waals surface area contributed by atoms with Crippen LogP contribution in [0, 0.1) is 10.6 Å². The van der Waals surface area contributed by atoms with Crippen LogP contribution >= 0.6 is 22.6 Å². The Morgan fingerprint density at radius 2 is 2.13 bits per heavy atom. The zero-order chi connectivity index (χ0) is 11.0. The quantitative estimate of drug-likeness (QED) is 0.864. The van der Waals surface area contributed by atoms with Gasteiger partial charge in [-0.3, -0.25) is 5.10 Å². The number of hydrogen-bond acceptors (Lipinski definition) is 2. The molecule has 0 spiro atoms. The van der Waals surface area contributed by atoms with Crippen molar-refractivity contribution in [3.05, 3.63) is 21.4 Å². The molecule has 0 unspecified atom stereocenters. The molecule has 2 aromatic rings. The van der Waals surface area contributed by atoms with Gasteiger partial charge < -0.3 is 4.74 Å². The van der Waals surface area contributed by atoms with Crippen LogP contribution in [-0.2, 0) is 0 Å². The highest BCUT2D eigenvalue weighted by Crippen LogP contribution is 2.29. The molecule has 0 aliphatic carbocycles. The first kappa shape index (κ1) is 10.7. The Kier molecular flexibility index (Phi) is 2.86. The molecule has 0 saturated carbocycles. The van der Waals surface area contributed by atoms with E-state index in [1.54, 1.807) is 0 Å². The second-order valence-corrected chi connectivity index (χ2v) is 4.87. The van der Waals surface area contributed by atoms with Crippen LogP contribution in [0.5, 0.6) is 5.75 Å². The Hall–Kier alpha value is -0.780. The van der Waals surface area contributed by atoms with Crippen LogP contribution < -0.4 is 4.74 Å². The van der Waals surface area contributed by atoms with Gasteiger partial charge in [0, 0.05) is 10.9 Å². The van der Waals surface area contributed by atoms with Gasteiger partial charge in [-0.15, -0.1) is 0 Å². The van der Waals surface area contributed by atoms with E-state index >= 15 is 0 Å². The molecule has 4 heteroatoms. The first-order chi connectivity index (χ1) is 7.09. The summed E-state index contributed by atoms with van der Waals surface area (Å²) in [6.07, 6.45) is 0.200. The Morgan fingerprint density at radius 1 is 1.40 bits per heavy atom. The fourth-order valence-corrected chi connectivity index (χ4v) is 2.40. The van der Waals surface area contributed by atoms with Gasteiger partial charge in [-0.1, -0.05) is 0 Å². The maximum Gasteiger partial charge on any atom is 0.123 e. The minimum absolute atomic E-state index is 0.200. The molecule has 0 bridgehead atoms. The molecule has 0 fully saturated rings. The molecule has 0 radical (unpaired) electrons. The summed E-state index contributed by atoms with van der Waals surface area (Å²) in [5.41, 5.74) is 2.15. The number of benzene rings is 1. The lowest BCUT2D eigenvalue weighted by molar-refractivity contribution is 0.241. The number of fused-ring (bicyclic) bond motifs is 1. The highest BCUT2D eigenvalue weighted by Gasteiger charge is 2.10. The van der Waals surface area contributed by atoms with Crippen LogP contribution in [0.3, 0.4) is 0 Å². The van der Waals surface area contributed by atoms with Gasteiger partial charge in [-0.05, 0) is 55.5 Å². The van der Waals surface area contributed by atoms with E-state index < -0.39 is 0 Å². The van der Waals surface area contributed by atoms with Crippen LogP contribution in [0.15, 0.2) is 12.1 Å². The number of ether oxygens (including phenoxy) is 1. The van der Waals surface area contributed by atoms with Crippen molar-refractivity contribution in [3.63, 3.8) is 0 Å². The van der Waals surface area contributed by atoms with Crippen molar-refractivity contribution in [2.75, 3.05) is 0 Å². The summed E-state index contributed by atoms with van der Waals surface area (Å²) in [6, 6.07) is 3.97.